The second kappa shape index (κ2) is 8.14. The minimum absolute atomic E-state index is 0.0558. The maximum atomic E-state index is 12.5. The number of hydrogen-bond donors (Lipinski definition) is 1. The molecule has 1 aliphatic carbocycles. The van der Waals surface area contributed by atoms with Crippen LogP contribution >= 0.6 is 0 Å². The van der Waals surface area contributed by atoms with Crippen LogP contribution in [0.1, 0.15) is 65.2 Å². The number of hydrogen-bond acceptors (Lipinski definition) is 4. The van der Waals surface area contributed by atoms with Gasteiger partial charge in [-0.2, -0.15) is 0 Å². The van der Waals surface area contributed by atoms with E-state index >= 15 is 0 Å². The summed E-state index contributed by atoms with van der Waals surface area (Å²) in [6.07, 6.45) is 8.97. The fourth-order valence-electron chi connectivity index (χ4n) is 3.66. The van der Waals surface area contributed by atoms with E-state index in [0.717, 1.165) is 57.6 Å². The van der Waals surface area contributed by atoms with Crippen molar-refractivity contribution in [3.8, 4) is 0 Å². The molecule has 1 N–H and O–H groups in total. The first-order valence-corrected chi connectivity index (χ1v) is 8.74. The van der Waals surface area contributed by atoms with Gasteiger partial charge in [0.1, 0.15) is 5.54 Å². The lowest BCUT2D eigenvalue weighted by Crippen LogP contribution is -2.54. The Bertz CT molecular complexity index is 328. The van der Waals surface area contributed by atoms with Gasteiger partial charge < -0.3 is 9.47 Å². The van der Waals surface area contributed by atoms with Crippen molar-refractivity contribution >= 4 is 5.97 Å². The molecule has 21 heavy (non-hydrogen) atoms. The summed E-state index contributed by atoms with van der Waals surface area (Å²) in [5, 5.41) is 3.55. The Morgan fingerprint density at radius 2 is 2.10 bits per heavy atom. The van der Waals surface area contributed by atoms with Crippen molar-refractivity contribution < 1.29 is 14.3 Å². The fourth-order valence-corrected chi connectivity index (χ4v) is 3.66. The molecule has 0 aromatic carbocycles. The number of carbonyl (C=O) groups excluding carboxylic acids is 1. The highest BCUT2D eigenvalue weighted by molar-refractivity contribution is 5.81. The molecule has 2 aliphatic rings. The van der Waals surface area contributed by atoms with Crippen molar-refractivity contribution in [2.24, 2.45) is 5.92 Å². The Hall–Kier alpha value is -0.610. The van der Waals surface area contributed by atoms with Crippen molar-refractivity contribution in [2.45, 2.75) is 76.9 Å². The molecule has 122 valence electrons. The van der Waals surface area contributed by atoms with Crippen LogP contribution in [0.15, 0.2) is 0 Å². The predicted octanol–water partition coefficient (Wildman–Crippen LogP) is 3.05. The smallest absolute Gasteiger partial charge is 0.326 e. The molecule has 4 heteroatoms. The molecule has 1 heterocycles. The van der Waals surface area contributed by atoms with E-state index < -0.39 is 5.54 Å². The second-order valence-corrected chi connectivity index (χ2v) is 6.52. The molecule has 0 aromatic heterocycles. The highest BCUT2D eigenvalue weighted by Gasteiger charge is 2.41. The summed E-state index contributed by atoms with van der Waals surface area (Å²) in [5.74, 6) is 0.700. The third-order valence-electron chi connectivity index (χ3n) is 5.13. The number of ether oxygens (including phenoxy) is 2. The normalized spacial score (nSPS) is 33.6. The lowest BCUT2D eigenvalue weighted by atomic mass is 9.89. The van der Waals surface area contributed by atoms with Gasteiger partial charge in [-0.1, -0.05) is 26.2 Å². The molecule has 3 atom stereocenters. The van der Waals surface area contributed by atoms with Crippen LogP contribution in [0.2, 0.25) is 0 Å². The second-order valence-electron chi connectivity index (χ2n) is 6.52. The number of rotatable bonds is 6. The van der Waals surface area contributed by atoms with E-state index in [1.807, 2.05) is 6.92 Å². The molecule has 4 nitrogen and oxygen atoms in total. The molecule has 0 bridgehead atoms. The fraction of sp³-hybridized carbons (Fsp3) is 0.941. The SMILES string of the molecule is CCOC(=O)C1(NCC2CCCO2)CCCC(CC)CC1. The molecule has 0 radical (unpaired) electrons. The maximum Gasteiger partial charge on any atom is 0.326 e. The summed E-state index contributed by atoms with van der Waals surface area (Å²) in [4.78, 5) is 12.5. The zero-order valence-corrected chi connectivity index (χ0v) is 13.7. The summed E-state index contributed by atoms with van der Waals surface area (Å²) in [6.45, 7) is 6.23. The number of esters is 1. The molecular weight excluding hydrogens is 266 g/mol. The van der Waals surface area contributed by atoms with Crippen LogP contribution < -0.4 is 5.32 Å². The van der Waals surface area contributed by atoms with Gasteiger partial charge in [0, 0.05) is 13.2 Å². The van der Waals surface area contributed by atoms with Gasteiger partial charge in [0.15, 0.2) is 0 Å². The summed E-state index contributed by atoms with van der Waals surface area (Å²) < 4.78 is 11.1. The first kappa shape index (κ1) is 16.8. The van der Waals surface area contributed by atoms with Gasteiger partial charge in [0.05, 0.1) is 12.7 Å². The highest BCUT2D eigenvalue weighted by Crippen LogP contribution is 2.33. The van der Waals surface area contributed by atoms with Crippen molar-refractivity contribution in [1.82, 2.24) is 5.32 Å². The van der Waals surface area contributed by atoms with E-state index in [4.69, 9.17) is 9.47 Å². The maximum absolute atomic E-state index is 12.5. The van der Waals surface area contributed by atoms with Gasteiger partial charge in [-0.15, -0.1) is 0 Å². The first-order chi connectivity index (χ1) is 10.2. The molecule has 2 rings (SSSR count). The minimum atomic E-state index is -0.480. The first-order valence-electron chi connectivity index (χ1n) is 8.74. The van der Waals surface area contributed by atoms with Crippen LogP contribution in [0.5, 0.6) is 0 Å². The summed E-state index contributed by atoms with van der Waals surface area (Å²) in [6, 6.07) is 0. The largest absolute Gasteiger partial charge is 0.465 e. The van der Waals surface area contributed by atoms with Crippen LogP contribution in [-0.4, -0.2) is 37.4 Å². The average molecular weight is 297 g/mol. The lowest BCUT2D eigenvalue weighted by Gasteiger charge is -2.32. The third kappa shape index (κ3) is 4.43. The zero-order valence-electron chi connectivity index (χ0n) is 13.7. The molecule has 0 amide bonds. The lowest BCUT2D eigenvalue weighted by molar-refractivity contribution is -0.152. The Balaban J connectivity index is 2.00. The van der Waals surface area contributed by atoms with Gasteiger partial charge in [0.25, 0.3) is 0 Å². The van der Waals surface area contributed by atoms with Crippen molar-refractivity contribution in [2.75, 3.05) is 19.8 Å². The molecule has 2 fully saturated rings. The van der Waals surface area contributed by atoms with Crippen molar-refractivity contribution in [1.29, 1.82) is 0 Å². The molecule has 1 saturated carbocycles. The van der Waals surface area contributed by atoms with Crippen LogP contribution in [0, 0.1) is 5.92 Å². The van der Waals surface area contributed by atoms with Crippen LogP contribution in [0.3, 0.4) is 0 Å². The quantitative estimate of drug-likeness (QED) is 0.604. The Morgan fingerprint density at radius 1 is 1.24 bits per heavy atom. The summed E-state index contributed by atoms with van der Waals surface area (Å²) in [5.41, 5.74) is -0.480. The van der Waals surface area contributed by atoms with E-state index in [1.54, 1.807) is 0 Å². The molecule has 0 spiro atoms. The van der Waals surface area contributed by atoms with Gasteiger partial charge in [0.2, 0.25) is 0 Å². The average Bonchev–Trinajstić information content (AvgIpc) is 2.92. The van der Waals surface area contributed by atoms with Gasteiger partial charge in [-0.25, -0.2) is 0 Å². The third-order valence-corrected chi connectivity index (χ3v) is 5.13. The Labute approximate surface area is 129 Å². The Morgan fingerprint density at radius 3 is 2.76 bits per heavy atom. The molecule has 3 unspecified atom stereocenters. The van der Waals surface area contributed by atoms with Gasteiger partial charge >= 0.3 is 5.97 Å². The van der Waals surface area contributed by atoms with Crippen LogP contribution in [0.25, 0.3) is 0 Å². The molecule has 0 aromatic rings. The van der Waals surface area contributed by atoms with Gasteiger partial charge in [-0.05, 0) is 44.9 Å². The van der Waals surface area contributed by atoms with Crippen LogP contribution in [0.4, 0.5) is 0 Å². The van der Waals surface area contributed by atoms with Crippen LogP contribution in [-0.2, 0) is 14.3 Å². The summed E-state index contributed by atoms with van der Waals surface area (Å²) in [7, 11) is 0. The summed E-state index contributed by atoms with van der Waals surface area (Å²) >= 11 is 0. The van der Waals surface area contributed by atoms with E-state index in [1.165, 1.54) is 12.8 Å². The van der Waals surface area contributed by atoms with E-state index in [-0.39, 0.29) is 12.1 Å². The monoisotopic (exact) mass is 297 g/mol. The molecular formula is C17H31NO3. The Kier molecular flexibility index (Phi) is 6.49. The van der Waals surface area contributed by atoms with Gasteiger partial charge in [-0.3, -0.25) is 10.1 Å². The molecule has 1 saturated heterocycles. The standard InChI is InChI=1S/C17H31NO3/c1-3-14-7-5-10-17(11-9-14,16(19)20-4-2)18-13-15-8-6-12-21-15/h14-15,18H,3-13H2,1-2H3. The van der Waals surface area contributed by atoms with Crippen molar-refractivity contribution in [3.63, 3.8) is 0 Å². The predicted molar refractivity (Wildman–Crippen MR) is 83.2 cm³/mol. The minimum Gasteiger partial charge on any atom is -0.465 e. The number of carbonyl (C=O) groups is 1. The topological polar surface area (TPSA) is 47.6 Å². The number of nitrogens with one attached hydrogen (secondary N) is 1. The molecule has 1 aliphatic heterocycles. The van der Waals surface area contributed by atoms with E-state index in [9.17, 15) is 4.79 Å². The van der Waals surface area contributed by atoms with E-state index in [0.29, 0.717) is 6.61 Å². The zero-order chi connectivity index (χ0) is 15.1. The van der Waals surface area contributed by atoms with Crippen molar-refractivity contribution in [3.05, 3.63) is 0 Å². The van der Waals surface area contributed by atoms with E-state index in [2.05, 4.69) is 12.2 Å². The highest BCUT2D eigenvalue weighted by atomic mass is 16.5.